The van der Waals surface area contributed by atoms with Gasteiger partial charge in [0.15, 0.2) is 0 Å². The van der Waals surface area contributed by atoms with E-state index >= 15 is 0 Å². The maximum atomic E-state index is 12.6. The van der Waals surface area contributed by atoms with Crippen LogP contribution in [0.4, 0.5) is 0 Å². The predicted octanol–water partition coefficient (Wildman–Crippen LogP) is 6.53. The van der Waals surface area contributed by atoms with E-state index in [2.05, 4.69) is 103 Å². The van der Waals surface area contributed by atoms with E-state index in [4.69, 9.17) is 4.42 Å². The van der Waals surface area contributed by atoms with Crippen molar-refractivity contribution in [3.8, 4) is 22.8 Å². The molecule has 5 aromatic carbocycles. The van der Waals surface area contributed by atoms with Crippen molar-refractivity contribution in [3.63, 3.8) is 0 Å². The summed E-state index contributed by atoms with van der Waals surface area (Å²) in [5, 5.41) is 24.5. The zero-order chi connectivity index (χ0) is 28.2. The van der Waals surface area contributed by atoms with Gasteiger partial charge in [-0.05, 0) is 6.07 Å². The normalized spacial score (nSPS) is 11.9. The minimum absolute atomic E-state index is 0.0133. The molecule has 0 bridgehead atoms. The van der Waals surface area contributed by atoms with Gasteiger partial charge in [-0.2, -0.15) is 0 Å². The van der Waals surface area contributed by atoms with E-state index < -0.39 is 13.0 Å². The van der Waals surface area contributed by atoms with E-state index in [9.17, 15) is 15.0 Å². The van der Waals surface area contributed by atoms with Crippen molar-refractivity contribution in [1.82, 2.24) is 0 Å². The van der Waals surface area contributed by atoms with Gasteiger partial charge >= 0.3 is 229 Å². The van der Waals surface area contributed by atoms with Crippen LogP contribution < -0.4 is 21.3 Å². The third kappa shape index (κ3) is 5.15. The van der Waals surface area contributed by atoms with Crippen LogP contribution in [0.25, 0.3) is 22.3 Å². The summed E-state index contributed by atoms with van der Waals surface area (Å²) >= 11 is 0. The number of phenolic OH excluding ortho intramolecular Hbond substituents is 2. The molecular weight excluding hydrogens is 527 g/mol. The second-order valence-electron chi connectivity index (χ2n) is 10.3. The summed E-state index contributed by atoms with van der Waals surface area (Å²) in [5.41, 5.74) is 1.65. The van der Waals surface area contributed by atoms with Gasteiger partial charge in [0.05, 0.1) is 0 Å². The van der Waals surface area contributed by atoms with Crippen LogP contribution in [0, 0.1) is 0 Å². The van der Waals surface area contributed by atoms with Crippen LogP contribution in [0.3, 0.4) is 0 Å². The Labute approximate surface area is 239 Å². The molecule has 4 nitrogen and oxygen atoms in total. The molecule has 1 aromatic heterocycles. The molecule has 2 N–H and O–H groups in total. The Balaban J connectivity index is 1.29. The average Bonchev–Trinajstić information content (AvgIpc) is 3.03. The first-order valence-electron chi connectivity index (χ1n) is 13.8. The van der Waals surface area contributed by atoms with Crippen LogP contribution in [0.1, 0.15) is 12.0 Å². The molecule has 41 heavy (non-hydrogen) atoms. The first kappa shape index (κ1) is 26.6. The number of rotatable bonds is 8. The summed E-state index contributed by atoms with van der Waals surface area (Å²) < 4.78 is 5.85. The van der Waals surface area contributed by atoms with Crippen LogP contribution in [-0.2, 0) is 6.42 Å². The zero-order valence-corrected chi connectivity index (χ0v) is 23.5. The Morgan fingerprint density at radius 3 is 1.71 bits per heavy atom. The first-order valence-corrected chi connectivity index (χ1v) is 16.0. The predicted molar refractivity (Wildman–Crippen MR) is 171 cm³/mol. The Morgan fingerprint density at radius 2 is 1.17 bits per heavy atom. The van der Waals surface area contributed by atoms with Crippen molar-refractivity contribution in [2.75, 3.05) is 6.16 Å². The van der Waals surface area contributed by atoms with E-state index in [1.807, 2.05) is 12.1 Å². The summed E-state index contributed by atoms with van der Waals surface area (Å²) in [5.74, 6) is -0.408. The SMILES string of the molecule is O=c1cc(-c2ccc(CCC[PH](c3ccccc3)(c3ccccc3)c3ccccc3)cc2)oc2c(O)c(O)ccc12. The van der Waals surface area contributed by atoms with Gasteiger partial charge in [0, 0.05) is 0 Å². The van der Waals surface area contributed by atoms with Gasteiger partial charge in [0.25, 0.3) is 0 Å². The molecule has 0 saturated heterocycles. The fraction of sp³-hybridized carbons (Fsp3) is 0.0833. The fourth-order valence-corrected chi connectivity index (χ4v) is 10.7. The molecule has 204 valence electrons. The number of benzene rings is 5. The van der Waals surface area contributed by atoms with Crippen molar-refractivity contribution >= 4 is 34.1 Å². The van der Waals surface area contributed by atoms with Gasteiger partial charge in [-0.3, -0.25) is 0 Å². The van der Waals surface area contributed by atoms with Gasteiger partial charge < -0.3 is 5.11 Å². The van der Waals surface area contributed by atoms with Crippen LogP contribution >= 0.6 is 7.26 Å². The van der Waals surface area contributed by atoms with Crippen LogP contribution in [-0.4, -0.2) is 16.4 Å². The van der Waals surface area contributed by atoms with Crippen molar-refractivity contribution < 1.29 is 14.6 Å². The monoisotopic (exact) mass is 558 g/mol. The van der Waals surface area contributed by atoms with Gasteiger partial charge in [-0.25, -0.2) is 0 Å². The van der Waals surface area contributed by atoms with E-state index in [1.165, 1.54) is 39.7 Å². The third-order valence-corrected chi connectivity index (χ3v) is 13.0. The zero-order valence-electron chi connectivity index (χ0n) is 22.5. The second kappa shape index (κ2) is 11.4. The molecule has 0 amide bonds. The Kier molecular flexibility index (Phi) is 7.41. The molecule has 6 rings (SSSR count). The molecular formula is C36H31O4P. The van der Waals surface area contributed by atoms with Crippen molar-refractivity contribution in [1.29, 1.82) is 0 Å². The molecule has 0 aliphatic heterocycles. The third-order valence-electron chi connectivity index (χ3n) is 7.91. The topological polar surface area (TPSA) is 70.7 Å². The molecule has 0 saturated carbocycles. The molecule has 1 heterocycles. The Bertz CT molecular complexity index is 1730. The molecule has 5 heteroatoms. The van der Waals surface area contributed by atoms with Crippen LogP contribution in [0.15, 0.2) is 143 Å². The molecule has 0 fully saturated rings. The number of hydrogen-bond acceptors (Lipinski definition) is 4. The fourth-order valence-electron chi connectivity index (χ4n) is 5.83. The average molecular weight is 559 g/mol. The van der Waals surface area contributed by atoms with Gasteiger partial charge in [0.2, 0.25) is 0 Å². The van der Waals surface area contributed by atoms with E-state index in [-0.39, 0.29) is 22.1 Å². The summed E-state index contributed by atoms with van der Waals surface area (Å²) in [6, 6.07) is 45.0. The molecule has 0 radical (unpaired) electrons. The van der Waals surface area contributed by atoms with Gasteiger partial charge in [-0.15, -0.1) is 0 Å². The summed E-state index contributed by atoms with van der Waals surface area (Å²) in [4.78, 5) is 12.6. The van der Waals surface area contributed by atoms with E-state index in [1.54, 1.807) is 0 Å². The van der Waals surface area contributed by atoms with Crippen molar-refractivity contribution in [3.05, 3.63) is 149 Å². The van der Waals surface area contributed by atoms with Crippen LogP contribution in [0.2, 0.25) is 0 Å². The molecule has 6 aromatic rings. The summed E-state index contributed by atoms with van der Waals surface area (Å²) in [6.45, 7) is 0. The quantitative estimate of drug-likeness (QED) is 0.165. The van der Waals surface area contributed by atoms with Crippen molar-refractivity contribution in [2.45, 2.75) is 12.8 Å². The number of fused-ring (bicyclic) bond motifs is 1. The standard InChI is InChI=1S/C36H31O4P/c37-32-23-22-31-33(38)25-34(40-36(31)35(32)39)27-20-18-26(19-21-27)11-10-24-41(28-12-4-1-5-13-28,29-14-6-2-7-15-29)30-16-8-3-9-17-30/h1-9,12-23,25,37,39,41H,10-11,24H2. The number of phenols is 2. The molecule has 0 unspecified atom stereocenters. The Morgan fingerprint density at radius 1 is 0.634 bits per heavy atom. The summed E-state index contributed by atoms with van der Waals surface area (Å²) in [7, 11) is -2.28. The maximum absolute atomic E-state index is 12.6. The number of hydrogen-bond donors (Lipinski definition) is 2. The minimum atomic E-state index is -2.28. The van der Waals surface area contributed by atoms with Gasteiger partial charge in [-0.1, -0.05) is 0 Å². The Hall–Kier alpha value is -4.66. The number of aromatic hydroxyl groups is 2. The second-order valence-corrected chi connectivity index (χ2v) is 14.4. The number of aryl methyl sites for hydroxylation is 1. The molecule has 0 spiro atoms. The van der Waals surface area contributed by atoms with E-state index in [0.29, 0.717) is 5.76 Å². The summed E-state index contributed by atoms with van der Waals surface area (Å²) in [6.07, 6.45) is 3.00. The molecule has 0 aliphatic carbocycles. The van der Waals surface area contributed by atoms with E-state index in [0.717, 1.165) is 24.6 Å². The van der Waals surface area contributed by atoms with Gasteiger partial charge in [0.1, 0.15) is 0 Å². The molecule has 0 aliphatic rings. The van der Waals surface area contributed by atoms with Crippen molar-refractivity contribution in [2.24, 2.45) is 0 Å². The van der Waals surface area contributed by atoms with Crippen LogP contribution in [0.5, 0.6) is 11.5 Å². The first-order chi connectivity index (χ1) is 20.1. The molecule has 0 atom stereocenters.